The lowest BCUT2D eigenvalue weighted by Gasteiger charge is -2.42. The second-order valence-corrected chi connectivity index (χ2v) is 14.7. The molecule has 2 heterocycles. The molecule has 6 rings (SSSR count). The summed E-state index contributed by atoms with van der Waals surface area (Å²) in [6.07, 6.45) is 10.7. The zero-order valence-corrected chi connectivity index (χ0v) is 28.7. The molecule has 1 unspecified atom stereocenters. The number of anilines is 2. The highest BCUT2D eigenvalue weighted by Gasteiger charge is 2.36. The van der Waals surface area contributed by atoms with Crippen molar-refractivity contribution in [1.82, 2.24) is 9.88 Å². The Kier molecular flexibility index (Phi) is 10.7. The van der Waals surface area contributed by atoms with Crippen molar-refractivity contribution in [2.75, 3.05) is 30.4 Å². The van der Waals surface area contributed by atoms with Crippen LogP contribution in [0.4, 0.5) is 11.6 Å². The molecule has 4 aromatic rings. The molecule has 0 radical (unpaired) electrons. The third-order valence-electron chi connectivity index (χ3n) is 10.4. The van der Waals surface area contributed by atoms with Crippen LogP contribution >= 0.6 is 11.6 Å². The molecule has 2 fully saturated rings. The Morgan fingerprint density at radius 3 is 2.15 bits per heavy atom. The average Bonchev–Trinajstić information content (AvgIpc) is 3.49. The summed E-state index contributed by atoms with van der Waals surface area (Å²) in [4.78, 5) is 10.3. The lowest BCUT2D eigenvalue weighted by Crippen LogP contribution is -2.42. The van der Waals surface area contributed by atoms with Gasteiger partial charge in [-0.3, -0.25) is 4.90 Å². The van der Waals surface area contributed by atoms with E-state index < -0.39 is 0 Å². The first-order valence-corrected chi connectivity index (χ1v) is 17.8. The van der Waals surface area contributed by atoms with Crippen molar-refractivity contribution < 1.29 is 4.42 Å². The predicted octanol–water partition coefficient (Wildman–Crippen LogP) is 10.2. The number of aromatic nitrogens is 1. The van der Waals surface area contributed by atoms with E-state index in [0.29, 0.717) is 11.8 Å². The van der Waals surface area contributed by atoms with Gasteiger partial charge < -0.3 is 14.6 Å². The number of likely N-dealkylation sites (tertiary alicyclic amines) is 1. The normalized spacial score (nSPS) is 19.9. The third kappa shape index (κ3) is 8.35. The zero-order chi connectivity index (χ0) is 31.9. The van der Waals surface area contributed by atoms with Gasteiger partial charge in [-0.1, -0.05) is 91.5 Å². The molecule has 1 saturated carbocycles. The van der Waals surface area contributed by atoms with Crippen molar-refractivity contribution in [3.8, 4) is 0 Å². The molecule has 1 N–H and O–H groups in total. The van der Waals surface area contributed by atoms with E-state index in [4.69, 9.17) is 21.0 Å². The van der Waals surface area contributed by atoms with Crippen LogP contribution < -0.4 is 10.2 Å². The van der Waals surface area contributed by atoms with Gasteiger partial charge in [-0.05, 0) is 106 Å². The summed E-state index contributed by atoms with van der Waals surface area (Å²) < 4.78 is 6.88. The molecular weight excluding hydrogens is 588 g/mol. The van der Waals surface area contributed by atoms with Crippen LogP contribution in [0.2, 0.25) is 5.02 Å². The van der Waals surface area contributed by atoms with Gasteiger partial charge >= 0.3 is 0 Å². The predicted molar refractivity (Wildman–Crippen MR) is 192 cm³/mol. The van der Waals surface area contributed by atoms with E-state index in [9.17, 15) is 0 Å². The van der Waals surface area contributed by atoms with Crippen LogP contribution in [0.25, 0.3) is 0 Å². The molecule has 1 aliphatic heterocycles. The van der Waals surface area contributed by atoms with Crippen molar-refractivity contribution in [2.24, 2.45) is 11.8 Å². The highest BCUT2D eigenvalue weighted by Crippen LogP contribution is 2.42. The summed E-state index contributed by atoms with van der Waals surface area (Å²) in [5.41, 5.74) is 4.74. The molecule has 1 aliphatic carbocycles. The van der Waals surface area contributed by atoms with E-state index in [0.717, 1.165) is 60.7 Å². The van der Waals surface area contributed by atoms with Crippen molar-refractivity contribution >= 4 is 23.2 Å². The van der Waals surface area contributed by atoms with Crippen LogP contribution in [0.5, 0.6) is 0 Å². The molecule has 0 spiro atoms. The first-order valence-electron chi connectivity index (χ1n) is 17.4. The zero-order valence-electron chi connectivity index (χ0n) is 27.9. The molecule has 244 valence electrons. The Bertz CT molecular complexity index is 1490. The molecule has 2 aliphatic rings. The molecule has 3 aromatic carbocycles. The molecule has 0 amide bonds. The quantitative estimate of drug-likeness (QED) is 0.167. The van der Waals surface area contributed by atoms with Crippen molar-refractivity contribution in [2.45, 2.75) is 89.8 Å². The fourth-order valence-corrected chi connectivity index (χ4v) is 7.84. The number of piperidine rings is 1. The minimum Gasteiger partial charge on any atom is -0.423 e. The maximum absolute atomic E-state index is 6.88. The van der Waals surface area contributed by atoms with Crippen LogP contribution in [0.15, 0.2) is 89.3 Å². The van der Waals surface area contributed by atoms with E-state index in [1.165, 1.54) is 56.1 Å². The lowest BCUT2D eigenvalue weighted by atomic mass is 9.71. The van der Waals surface area contributed by atoms with Gasteiger partial charge in [0.2, 0.25) is 11.8 Å². The maximum atomic E-state index is 6.88. The number of halogens is 1. The standard InChI is InChI=1S/C40H51ClN4O/c1-40(2,43-35-23-21-34(41)22-24-35)33-19-17-31(18-20-33)28-37(45-25-11-6-12-26-45)38-42-36(27-30-13-7-4-8-14-30)39(46-38)44(3)29-32-15-9-5-10-16-32/h4-5,7-10,13-16,21-24,31,33,37,43H,6,11-12,17-20,25-29H2,1-3H3. The second-order valence-electron chi connectivity index (χ2n) is 14.2. The largest absolute Gasteiger partial charge is 0.423 e. The maximum Gasteiger partial charge on any atom is 0.220 e. The molecule has 0 bridgehead atoms. The van der Waals surface area contributed by atoms with Crippen LogP contribution in [0, 0.1) is 11.8 Å². The topological polar surface area (TPSA) is 44.5 Å². The summed E-state index contributed by atoms with van der Waals surface area (Å²) in [7, 11) is 2.14. The minimum atomic E-state index is 0.0260. The number of rotatable bonds is 12. The van der Waals surface area contributed by atoms with Gasteiger partial charge in [-0.15, -0.1) is 0 Å². The number of oxazole rings is 1. The molecule has 1 atom stereocenters. The van der Waals surface area contributed by atoms with Crippen LogP contribution in [0.1, 0.15) is 94.0 Å². The lowest BCUT2D eigenvalue weighted by molar-refractivity contribution is 0.102. The van der Waals surface area contributed by atoms with Crippen molar-refractivity contribution in [1.29, 1.82) is 0 Å². The monoisotopic (exact) mass is 638 g/mol. The molecule has 6 heteroatoms. The fraction of sp³-hybridized carbons (Fsp3) is 0.475. The van der Waals surface area contributed by atoms with Gasteiger partial charge in [-0.25, -0.2) is 4.98 Å². The number of benzene rings is 3. The van der Waals surface area contributed by atoms with Gasteiger partial charge in [-0.2, -0.15) is 0 Å². The average molecular weight is 639 g/mol. The summed E-state index contributed by atoms with van der Waals surface area (Å²) in [5, 5.41) is 4.59. The summed E-state index contributed by atoms with van der Waals surface area (Å²) in [6, 6.07) is 29.7. The van der Waals surface area contributed by atoms with Crippen molar-refractivity contribution in [3.05, 3.63) is 113 Å². The Hall–Kier alpha value is -3.28. The minimum absolute atomic E-state index is 0.0260. The second kappa shape index (κ2) is 15.1. The summed E-state index contributed by atoms with van der Waals surface area (Å²) >= 11 is 6.14. The Labute approximate surface area is 281 Å². The van der Waals surface area contributed by atoms with E-state index in [1.54, 1.807) is 0 Å². The van der Waals surface area contributed by atoms with Crippen LogP contribution in [-0.4, -0.2) is 35.6 Å². The Morgan fingerprint density at radius 2 is 1.50 bits per heavy atom. The van der Waals surface area contributed by atoms with E-state index in [2.05, 4.69) is 109 Å². The molecule has 46 heavy (non-hydrogen) atoms. The highest BCUT2D eigenvalue weighted by atomic mass is 35.5. The van der Waals surface area contributed by atoms with Crippen molar-refractivity contribution in [3.63, 3.8) is 0 Å². The number of nitrogens with zero attached hydrogens (tertiary/aromatic N) is 3. The van der Waals surface area contributed by atoms with Crippen LogP contribution in [0.3, 0.4) is 0 Å². The highest BCUT2D eigenvalue weighted by molar-refractivity contribution is 6.30. The van der Waals surface area contributed by atoms with E-state index >= 15 is 0 Å². The smallest absolute Gasteiger partial charge is 0.220 e. The van der Waals surface area contributed by atoms with Gasteiger partial charge in [0, 0.05) is 36.3 Å². The summed E-state index contributed by atoms with van der Waals surface area (Å²) in [6.45, 7) is 7.76. The number of hydrogen-bond donors (Lipinski definition) is 1. The molecule has 5 nitrogen and oxygen atoms in total. The third-order valence-corrected chi connectivity index (χ3v) is 10.6. The molecule has 1 saturated heterocycles. The Morgan fingerprint density at radius 1 is 0.870 bits per heavy atom. The first kappa shape index (κ1) is 32.7. The van der Waals surface area contributed by atoms with Gasteiger partial charge in [0.05, 0.1) is 6.04 Å². The number of hydrogen-bond acceptors (Lipinski definition) is 5. The van der Waals surface area contributed by atoms with Gasteiger partial charge in [0.1, 0.15) is 5.69 Å². The Balaban J connectivity index is 1.20. The molecular formula is C40H51ClN4O. The molecule has 1 aromatic heterocycles. The SMILES string of the molecule is CN(Cc1ccccc1)c1oc(C(CC2CCC(C(C)(C)Nc3ccc(Cl)cc3)CC2)N2CCCCC2)nc1Cc1ccccc1. The van der Waals surface area contributed by atoms with Crippen LogP contribution in [-0.2, 0) is 13.0 Å². The van der Waals surface area contributed by atoms with E-state index in [-0.39, 0.29) is 11.6 Å². The first-order chi connectivity index (χ1) is 22.3. The summed E-state index contributed by atoms with van der Waals surface area (Å²) in [5.74, 6) is 3.12. The van der Waals surface area contributed by atoms with Gasteiger partial charge in [0.25, 0.3) is 0 Å². The number of nitrogens with one attached hydrogen (secondary N) is 1. The fourth-order valence-electron chi connectivity index (χ4n) is 7.71. The van der Waals surface area contributed by atoms with E-state index in [1.807, 2.05) is 12.1 Å². The van der Waals surface area contributed by atoms with Gasteiger partial charge in [0.15, 0.2) is 0 Å².